The van der Waals surface area contributed by atoms with Crippen molar-refractivity contribution in [2.75, 3.05) is 36.8 Å². The van der Waals surface area contributed by atoms with Gasteiger partial charge in [-0.05, 0) is 45.2 Å². The molecule has 12 nitrogen and oxygen atoms in total. The van der Waals surface area contributed by atoms with E-state index >= 15 is 0 Å². The van der Waals surface area contributed by atoms with Crippen molar-refractivity contribution in [3.8, 4) is 0 Å². The zero-order chi connectivity index (χ0) is 26.1. The van der Waals surface area contributed by atoms with E-state index in [2.05, 4.69) is 25.7 Å². The number of hydrogen-bond acceptors (Lipinski definition) is 11. The van der Waals surface area contributed by atoms with Gasteiger partial charge in [0.2, 0.25) is 5.95 Å². The van der Waals surface area contributed by atoms with Crippen molar-refractivity contribution in [3.05, 3.63) is 23.8 Å². The lowest BCUT2D eigenvalue weighted by molar-refractivity contribution is -0.0434. The molecule has 1 saturated carbocycles. The van der Waals surface area contributed by atoms with Crippen molar-refractivity contribution in [2.45, 2.75) is 88.9 Å². The van der Waals surface area contributed by atoms with Gasteiger partial charge in [-0.15, -0.1) is 0 Å². The fourth-order valence-corrected chi connectivity index (χ4v) is 5.81. The van der Waals surface area contributed by atoms with Crippen LogP contribution in [0.4, 0.5) is 11.8 Å². The molecule has 206 valence electrons. The van der Waals surface area contributed by atoms with Gasteiger partial charge < -0.3 is 35.0 Å². The molecule has 3 fully saturated rings. The monoisotopic (exact) mass is 526 g/mol. The van der Waals surface area contributed by atoms with Crippen molar-refractivity contribution in [2.24, 2.45) is 0 Å². The third-order valence-electron chi connectivity index (χ3n) is 8.01. The highest BCUT2D eigenvalue weighted by Gasteiger charge is 2.47. The Morgan fingerprint density at radius 3 is 2.63 bits per heavy atom. The van der Waals surface area contributed by atoms with Crippen LogP contribution in [0.1, 0.15) is 75.7 Å². The lowest BCUT2D eigenvalue weighted by Gasteiger charge is -2.26. The minimum atomic E-state index is -1.20. The summed E-state index contributed by atoms with van der Waals surface area (Å²) in [5.74, 6) is 1.57. The van der Waals surface area contributed by atoms with Gasteiger partial charge in [0.15, 0.2) is 29.0 Å². The fraction of sp³-hybridized carbons (Fsp3) is 0.692. The zero-order valence-electron chi connectivity index (χ0n) is 21.9. The number of hydrogen-bond donors (Lipinski definition) is 4. The lowest BCUT2D eigenvalue weighted by atomic mass is 10.1. The third-order valence-corrected chi connectivity index (χ3v) is 8.01. The van der Waals surface area contributed by atoms with Gasteiger partial charge in [-0.2, -0.15) is 9.97 Å². The van der Waals surface area contributed by atoms with Gasteiger partial charge in [-0.3, -0.25) is 4.57 Å². The Morgan fingerprint density at radius 2 is 1.87 bits per heavy atom. The van der Waals surface area contributed by atoms with Gasteiger partial charge in [0.25, 0.3) is 0 Å². The predicted octanol–water partition coefficient (Wildman–Crippen LogP) is 2.62. The average Bonchev–Trinajstić information content (AvgIpc) is 3.74. The van der Waals surface area contributed by atoms with Gasteiger partial charge in [0, 0.05) is 25.2 Å². The van der Waals surface area contributed by atoms with E-state index in [9.17, 15) is 10.2 Å². The van der Waals surface area contributed by atoms with Crippen LogP contribution in [0.25, 0.3) is 11.2 Å². The predicted molar refractivity (Wildman–Crippen MR) is 141 cm³/mol. The molecule has 0 amide bonds. The summed E-state index contributed by atoms with van der Waals surface area (Å²) in [4.78, 5) is 16.6. The lowest BCUT2D eigenvalue weighted by Crippen LogP contribution is -2.34. The summed E-state index contributed by atoms with van der Waals surface area (Å²) in [6.07, 6.45) is 6.56. The minimum absolute atomic E-state index is 0.346. The number of ether oxygens (including phenoxy) is 1. The van der Waals surface area contributed by atoms with Crippen LogP contribution in [0.5, 0.6) is 0 Å². The molecule has 4 atom stereocenters. The van der Waals surface area contributed by atoms with Crippen molar-refractivity contribution >= 4 is 22.9 Å². The number of aliphatic hydroxyl groups excluding tert-OH is 2. The molecular weight excluding hydrogens is 488 g/mol. The minimum Gasteiger partial charge on any atom is -0.387 e. The van der Waals surface area contributed by atoms with E-state index in [0.29, 0.717) is 41.2 Å². The van der Waals surface area contributed by atoms with Gasteiger partial charge in [-0.1, -0.05) is 31.3 Å². The van der Waals surface area contributed by atoms with E-state index in [1.807, 2.05) is 6.92 Å². The van der Waals surface area contributed by atoms with Crippen LogP contribution in [0, 0.1) is 0 Å². The summed E-state index contributed by atoms with van der Waals surface area (Å²) in [6, 6.07) is 2.10. The molecule has 2 aliphatic heterocycles. The molecular formula is C26H38N8O4. The molecule has 5 heterocycles. The Hall–Kier alpha value is -2.80. The number of likely N-dealkylation sites (tertiary alicyclic amines) is 1. The van der Waals surface area contributed by atoms with E-state index in [1.165, 1.54) is 32.1 Å². The van der Waals surface area contributed by atoms with Crippen LogP contribution in [0.2, 0.25) is 0 Å². The Labute approximate surface area is 221 Å². The number of rotatable bonds is 9. The SMILES string of the molecule is CCc1cc([C@H]2O[C@@H](n3cnc4c(NC5CCCC5)nc(NCCN5CCCCC5)nc43)[C@H](O)[C@@H]2O)on1. The molecule has 3 aromatic heterocycles. The first-order chi connectivity index (χ1) is 18.6. The topological polar surface area (TPSA) is 147 Å². The highest BCUT2D eigenvalue weighted by molar-refractivity contribution is 5.84. The summed E-state index contributed by atoms with van der Waals surface area (Å²) in [5.41, 5.74) is 1.90. The number of piperidine rings is 1. The molecule has 0 bridgehead atoms. The fourth-order valence-electron chi connectivity index (χ4n) is 5.81. The van der Waals surface area contributed by atoms with Gasteiger partial charge >= 0.3 is 0 Å². The maximum Gasteiger partial charge on any atom is 0.226 e. The van der Waals surface area contributed by atoms with E-state index in [4.69, 9.17) is 19.2 Å². The molecule has 4 N–H and O–H groups in total. The van der Waals surface area contributed by atoms with Crippen molar-refractivity contribution in [1.29, 1.82) is 0 Å². The number of fused-ring (bicyclic) bond motifs is 1. The second kappa shape index (κ2) is 11.1. The quantitative estimate of drug-likeness (QED) is 0.326. The van der Waals surface area contributed by atoms with Crippen molar-refractivity contribution < 1.29 is 19.5 Å². The van der Waals surface area contributed by atoms with Gasteiger partial charge in [-0.25, -0.2) is 4.98 Å². The van der Waals surface area contributed by atoms with Crippen LogP contribution in [0.3, 0.4) is 0 Å². The largest absolute Gasteiger partial charge is 0.387 e. The van der Waals surface area contributed by atoms with Crippen LogP contribution in [-0.4, -0.2) is 84.2 Å². The summed E-state index contributed by atoms with van der Waals surface area (Å²) in [7, 11) is 0. The molecule has 3 aliphatic rings. The number of nitrogens with zero attached hydrogens (tertiary/aromatic N) is 6. The maximum atomic E-state index is 11.0. The first-order valence-electron chi connectivity index (χ1n) is 14.0. The molecule has 0 spiro atoms. The van der Waals surface area contributed by atoms with Crippen molar-refractivity contribution in [3.63, 3.8) is 0 Å². The Morgan fingerprint density at radius 1 is 1.05 bits per heavy atom. The van der Waals surface area contributed by atoms with Crippen LogP contribution in [0.15, 0.2) is 16.9 Å². The van der Waals surface area contributed by atoms with Crippen LogP contribution < -0.4 is 10.6 Å². The number of aliphatic hydroxyl groups is 2. The van der Waals surface area contributed by atoms with Crippen LogP contribution >= 0.6 is 0 Å². The number of aryl methyl sites for hydroxylation is 1. The van der Waals surface area contributed by atoms with E-state index in [-0.39, 0.29) is 0 Å². The number of anilines is 2. The summed E-state index contributed by atoms with van der Waals surface area (Å²) < 4.78 is 13.2. The molecule has 1 aliphatic carbocycles. The van der Waals surface area contributed by atoms with Crippen molar-refractivity contribution in [1.82, 2.24) is 29.6 Å². The first-order valence-corrected chi connectivity index (χ1v) is 14.0. The molecule has 12 heteroatoms. The third kappa shape index (κ3) is 5.09. The number of nitrogens with one attached hydrogen (secondary N) is 2. The second-order valence-corrected chi connectivity index (χ2v) is 10.7. The number of imidazole rings is 1. The summed E-state index contributed by atoms with van der Waals surface area (Å²) in [5, 5.41) is 32.8. The van der Waals surface area contributed by atoms with Gasteiger partial charge in [0.1, 0.15) is 18.3 Å². The maximum absolute atomic E-state index is 11.0. The van der Waals surface area contributed by atoms with Gasteiger partial charge in [0.05, 0.1) is 12.0 Å². The van der Waals surface area contributed by atoms with E-state index in [0.717, 1.165) is 44.7 Å². The molecule has 2 saturated heterocycles. The van der Waals surface area contributed by atoms with Crippen LogP contribution in [-0.2, 0) is 11.2 Å². The molecule has 0 unspecified atom stereocenters. The molecule has 6 rings (SSSR count). The summed E-state index contributed by atoms with van der Waals surface area (Å²) >= 11 is 0. The molecule has 0 aromatic carbocycles. The zero-order valence-corrected chi connectivity index (χ0v) is 21.9. The smallest absolute Gasteiger partial charge is 0.226 e. The van der Waals surface area contributed by atoms with E-state index < -0.39 is 24.5 Å². The normalized spacial score (nSPS) is 26.9. The molecule has 3 aromatic rings. The molecule has 38 heavy (non-hydrogen) atoms. The highest BCUT2D eigenvalue weighted by atomic mass is 16.6. The highest BCUT2D eigenvalue weighted by Crippen LogP contribution is 2.40. The second-order valence-electron chi connectivity index (χ2n) is 10.7. The standard InChI is InChI=1S/C26H38N8O4/c1-2-16-14-18(38-32-16)22-20(35)21(36)25(37-22)34-15-28-19-23(29-17-8-4-5-9-17)30-26(31-24(19)34)27-10-13-33-11-6-3-7-12-33/h14-15,17,20-22,25,35-36H,2-13H2,1H3,(H2,27,29,30,31)/t20-,21+,22+,25+/m0/s1. The number of aromatic nitrogens is 5. The van der Waals surface area contributed by atoms with E-state index in [1.54, 1.807) is 17.0 Å². The summed E-state index contributed by atoms with van der Waals surface area (Å²) in [6.45, 7) is 5.90. The Bertz CT molecular complexity index is 1220. The average molecular weight is 527 g/mol. The first kappa shape index (κ1) is 25.5. The Kier molecular flexibility index (Phi) is 7.46. The molecule has 0 radical (unpaired) electrons. The Balaban J connectivity index is 1.27.